The Bertz CT molecular complexity index is 297. The van der Waals surface area contributed by atoms with E-state index < -0.39 is 0 Å². The van der Waals surface area contributed by atoms with Gasteiger partial charge in [-0.1, -0.05) is 35.0 Å². The molecule has 0 aromatic heterocycles. The predicted molar refractivity (Wildman–Crippen MR) is 73.6 cm³/mol. The molecular weight excluding hydrogens is 264 g/mol. The second kappa shape index (κ2) is 7.05. The minimum Gasteiger partial charge on any atom is -0.318 e. The lowest BCUT2D eigenvalue weighted by atomic mass is 10.1. The first-order valence-corrected chi connectivity index (χ1v) is 6.56. The van der Waals surface area contributed by atoms with Gasteiger partial charge in [-0.2, -0.15) is 0 Å². The zero-order valence-corrected chi connectivity index (χ0v) is 11.9. The fraction of sp³-hybridized carbons (Fsp3) is 0.538. The van der Waals surface area contributed by atoms with E-state index in [1.807, 2.05) is 7.05 Å². The summed E-state index contributed by atoms with van der Waals surface area (Å²) in [6, 6.07) is 9.15. The van der Waals surface area contributed by atoms with Crippen LogP contribution in [0.4, 0.5) is 0 Å². The van der Waals surface area contributed by atoms with Gasteiger partial charge < -0.3 is 5.32 Å². The topological polar surface area (TPSA) is 15.3 Å². The van der Waals surface area contributed by atoms with Crippen LogP contribution in [0.5, 0.6) is 0 Å². The summed E-state index contributed by atoms with van der Waals surface area (Å²) in [5.41, 5.74) is 1.36. The fourth-order valence-corrected chi connectivity index (χ4v) is 2.12. The number of halogens is 1. The molecule has 1 N–H and O–H groups in total. The molecule has 1 atom stereocenters. The molecule has 0 saturated heterocycles. The Kier molecular flexibility index (Phi) is 6.03. The van der Waals surface area contributed by atoms with Crippen LogP contribution < -0.4 is 5.32 Å². The Balaban J connectivity index is 2.55. The van der Waals surface area contributed by atoms with Crippen LogP contribution >= 0.6 is 15.9 Å². The molecule has 0 amide bonds. The minimum absolute atomic E-state index is 0.605. The first-order chi connectivity index (χ1) is 7.67. The summed E-state index contributed by atoms with van der Waals surface area (Å²) in [6.07, 6.45) is 1.17. The summed E-state index contributed by atoms with van der Waals surface area (Å²) >= 11 is 3.46. The molecule has 0 spiro atoms. The molecule has 1 unspecified atom stereocenters. The molecule has 2 nitrogen and oxygen atoms in total. The maximum atomic E-state index is 3.46. The predicted octanol–water partition coefficient (Wildman–Crippen LogP) is 2.88. The van der Waals surface area contributed by atoms with E-state index in [2.05, 4.69) is 64.4 Å². The third-order valence-electron chi connectivity index (χ3n) is 2.88. The van der Waals surface area contributed by atoms with Crippen molar-refractivity contribution in [3.05, 3.63) is 34.3 Å². The molecule has 0 bridgehead atoms. The molecule has 0 saturated carbocycles. The number of benzene rings is 1. The van der Waals surface area contributed by atoms with Gasteiger partial charge in [-0.05, 0) is 38.2 Å². The van der Waals surface area contributed by atoms with Gasteiger partial charge in [0.1, 0.15) is 0 Å². The monoisotopic (exact) mass is 284 g/mol. The van der Waals surface area contributed by atoms with Crippen molar-refractivity contribution in [2.75, 3.05) is 20.6 Å². The summed E-state index contributed by atoms with van der Waals surface area (Å²) < 4.78 is 1.14. The first-order valence-electron chi connectivity index (χ1n) is 5.76. The number of hydrogen-bond acceptors (Lipinski definition) is 2. The van der Waals surface area contributed by atoms with Gasteiger partial charge in [-0.15, -0.1) is 0 Å². The standard InChI is InChI=1S/C13H21BrN2/c1-4-13(9-15-2)16(3)10-11-5-7-12(14)8-6-11/h5-8,13,15H,4,9-10H2,1-3H3. The van der Waals surface area contributed by atoms with E-state index in [9.17, 15) is 0 Å². The highest BCUT2D eigenvalue weighted by molar-refractivity contribution is 9.10. The number of nitrogens with one attached hydrogen (secondary N) is 1. The van der Waals surface area contributed by atoms with E-state index in [0.29, 0.717) is 6.04 Å². The third-order valence-corrected chi connectivity index (χ3v) is 3.41. The summed E-state index contributed by atoms with van der Waals surface area (Å²) in [6.45, 7) is 4.29. The Morgan fingerprint density at radius 1 is 1.31 bits per heavy atom. The highest BCUT2D eigenvalue weighted by Crippen LogP contribution is 2.13. The molecular formula is C13H21BrN2. The van der Waals surface area contributed by atoms with E-state index >= 15 is 0 Å². The molecule has 1 aromatic carbocycles. The van der Waals surface area contributed by atoms with Crippen molar-refractivity contribution in [1.29, 1.82) is 0 Å². The van der Waals surface area contributed by atoms with Gasteiger partial charge in [-0.3, -0.25) is 4.90 Å². The second-order valence-electron chi connectivity index (χ2n) is 4.16. The number of hydrogen-bond donors (Lipinski definition) is 1. The summed E-state index contributed by atoms with van der Waals surface area (Å²) in [7, 11) is 4.20. The van der Waals surface area contributed by atoms with Crippen LogP contribution in [-0.2, 0) is 6.54 Å². The molecule has 0 aliphatic carbocycles. The molecule has 0 fully saturated rings. The van der Waals surface area contributed by atoms with Crippen molar-refractivity contribution >= 4 is 15.9 Å². The van der Waals surface area contributed by atoms with Crippen LogP contribution in [0.15, 0.2) is 28.7 Å². The van der Waals surface area contributed by atoms with Crippen molar-refractivity contribution < 1.29 is 0 Å². The SMILES string of the molecule is CCC(CNC)N(C)Cc1ccc(Br)cc1. The Hall–Kier alpha value is -0.380. The van der Waals surface area contributed by atoms with Gasteiger partial charge in [0.15, 0.2) is 0 Å². The van der Waals surface area contributed by atoms with E-state index in [4.69, 9.17) is 0 Å². The molecule has 0 heterocycles. The lowest BCUT2D eigenvalue weighted by Gasteiger charge is -2.27. The van der Waals surface area contributed by atoms with Crippen LogP contribution in [0, 0.1) is 0 Å². The van der Waals surface area contributed by atoms with E-state index in [-0.39, 0.29) is 0 Å². The van der Waals surface area contributed by atoms with Crippen LogP contribution in [0.25, 0.3) is 0 Å². The van der Waals surface area contributed by atoms with Gasteiger partial charge in [-0.25, -0.2) is 0 Å². The maximum Gasteiger partial charge on any atom is 0.0234 e. The van der Waals surface area contributed by atoms with E-state index in [1.54, 1.807) is 0 Å². The highest BCUT2D eigenvalue weighted by Gasteiger charge is 2.11. The van der Waals surface area contributed by atoms with Crippen molar-refractivity contribution in [3.8, 4) is 0 Å². The van der Waals surface area contributed by atoms with Crippen molar-refractivity contribution in [2.24, 2.45) is 0 Å². The van der Waals surface area contributed by atoms with Crippen LogP contribution in [-0.4, -0.2) is 31.6 Å². The van der Waals surface area contributed by atoms with Crippen molar-refractivity contribution in [3.63, 3.8) is 0 Å². The molecule has 90 valence electrons. The van der Waals surface area contributed by atoms with Gasteiger partial charge >= 0.3 is 0 Å². The zero-order chi connectivity index (χ0) is 12.0. The number of nitrogens with zero attached hydrogens (tertiary/aromatic N) is 1. The second-order valence-corrected chi connectivity index (χ2v) is 5.08. The first kappa shape index (κ1) is 13.7. The summed E-state index contributed by atoms with van der Waals surface area (Å²) in [4.78, 5) is 2.40. The fourth-order valence-electron chi connectivity index (χ4n) is 1.85. The summed E-state index contributed by atoms with van der Waals surface area (Å²) in [5, 5.41) is 3.25. The largest absolute Gasteiger partial charge is 0.318 e. The molecule has 16 heavy (non-hydrogen) atoms. The van der Waals surface area contributed by atoms with Crippen molar-refractivity contribution in [2.45, 2.75) is 25.9 Å². The van der Waals surface area contributed by atoms with Crippen LogP contribution in [0.2, 0.25) is 0 Å². The van der Waals surface area contributed by atoms with E-state index in [0.717, 1.165) is 17.6 Å². The lowest BCUT2D eigenvalue weighted by Crippen LogP contribution is -2.38. The van der Waals surface area contributed by atoms with Gasteiger partial charge in [0, 0.05) is 23.6 Å². The van der Waals surface area contributed by atoms with Gasteiger partial charge in [0.2, 0.25) is 0 Å². The smallest absolute Gasteiger partial charge is 0.0234 e. The third kappa shape index (κ3) is 4.24. The molecule has 1 rings (SSSR count). The van der Waals surface area contributed by atoms with Crippen LogP contribution in [0.3, 0.4) is 0 Å². The molecule has 0 radical (unpaired) electrons. The van der Waals surface area contributed by atoms with E-state index in [1.165, 1.54) is 12.0 Å². The lowest BCUT2D eigenvalue weighted by molar-refractivity contribution is 0.224. The molecule has 3 heteroatoms. The molecule has 0 aliphatic rings. The summed E-state index contributed by atoms with van der Waals surface area (Å²) in [5.74, 6) is 0. The highest BCUT2D eigenvalue weighted by atomic mass is 79.9. The Labute approximate surface area is 107 Å². The quantitative estimate of drug-likeness (QED) is 0.864. The number of rotatable bonds is 6. The van der Waals surface area contributed by atoms with Crippen molar-refractivity contribution in [1.82, 2.24) is 10.2 Å². The molecule has 0 aliphatic heterocycles. The van der Waals surface area contributed by atoms with Gasteiger partial charge in [0.05, 0.1) is 0 Å². The number of likely N-dealkylation sites (N-methyl/N-ethyl adjacent to an activating group) is 2. The zero-order valence-electron chi connectivity index (χ0n) is 10.3. The Morgan fingerprint density at radius 3 is 2.44 bits per heavy atom. The maximum absolute atomic E-state index is 3.46. The Morgan fingerprint density at radius 2 is 1.94 bits per heavy atom. The average molecular weight is 285 g/mol. The normalized spacial score (nSPS) is 13.1. The average Bonchev–Trinajstić information content (AvgIpc) is 2.29. The molecule has 1 aromatic rings. The minimum atomic E-state index is 0.605. The van der Waals surface area contributed by atoms with Crippen LogP contribution in [0.1, 0.15) is 18.9 Å². The van der Waals surface area contributed by atoms with Gasteiger partial charge in [0.25, 0.3) is 0 Å².